The first-order valence-electron chi connectivity index (χ1n) is 13.9. The fourth-order valence-electron chi connectivity index (χ4n) is 5.29. The maximum Gasteiger partial charge on any atom is 0.423 e. The molecule has 11 heteroatoms. The van der Waals surface area contributed by atoms with Gasteiger partial charge in [0, 0.05) is 43.0 Å². The van der Waals surface area contributed by atoms with Crippen LogP contribution in [0.3, 0.4) is 0 Å². The third-order valence-electron chi connectivity index (χ3n) is 7.64. The third kappa shape index (κ3) is 6.35. The van der Waals surface area contributed by atoms with Crippen LogP contribution < -0.4 is 15.4 Å². The Bertz CT molecular complexity index is 1450. The number of nitrogens with one attached hydrogen (secondary N) is 2. The Morgan fingerprint density at radius 1 is 1.12 bits per heavy atom. The molecule has 2 N–H and O–H groups in total. The lowest BCUT2D eigenvalue weighted by atomic mass is 10.0. The van der Waals surface area contributed by atoms with Gasteiger partial charge >= 0.3 is 6.18 Å². The molecule has 0 spiro atoms. The Morgan fingerprint density at radius 2 is 1.90 bits per heavy atom. The predicted molar refractivity (Wildman–Crippen MR) is 148 cm³/mol. The van der Waals surface area contributed by atoms with Crippen LogP contribution in [0.5, 0.6) is 11.6 Å². The zero-order chi connectivity index (χ0) is 29.1. The van der Waals surface area contributed by atoms with Crippen LogP contribution in [0.2, 0.25) is 0 Å². The zero-order valence-corrected chi connectivity index (χ0v) is 23.0. The Morgan fingerprint density at radius 3 is 2.61 bits per heavy atom. The van der Waals surface area contributed by atoms with Gasteiger partial charge in [0.1, 0.15) is 11.3 Å². The predicted octanol–water partition coefficient (Wildman–Crippen LogP) is 5.94. The first-order chi connectivity index (χ1) is 19.7. The van der Waals surface area contributed by atoms with Gasteiger partial charge in [0.05, 0.1) is 5.56 Å². The number of fused-ring (bicyclic) bond motifs is 1. The lowest BCUT2D eigenvalue weighted by Gasteiger charge is -2.31. The van der Waals surface area contributed by atoms with Crippen molar-refractivity contribution in [1.29, 1.82) is 0 Å². The molecule has 0 atom stereocenters. The van der Waals surface area contributed by atoms with Crippen LogP contribution in [-0.2, 0) is 19.0 Å². The molecule has 2 aromatic carbocycles. The van der Waals surface area contributed by atoms with Crippen LogP contribution in [0.1, 0.15) is 70.5 Å². The summed E-state index contributed by atoms with van der Waals surface area (Å²) in [6.07, 6.45) is -0.963. The number of carbonyl (C=O) groups is 2. The summed E-state index contributed by atoms with van der Waals surface area (Å²) < 4.78 is 47.1. The number of anilines is 2. The van der Waals surface area contributed by atoms with E-state index in [1.165, 1.54) is 6.07 Å². The normalized spacial score (nSPS) is 16.0. The summed E-state index contributed by atoms with van der Waals surface area (Å²) in [5.41, 5.74) is 1.70. The molecule has 1 aromatic heterocycles. The van der Waals surface area contributed by atoms with Gasteiger partial charge in [0.2, 0.25) is 11.8 Å². The molecule has 0 saturated carbocycles. The van der Waals surface area contributed by atoms with Crippen molar-refractivity contribution in [3.63, 3.8) is 0 Å². The molecule has 41 heavy (non-hydrogen) atoms. The van der Waals surface area contributed by atoms with Crippen molar-refractivity contribution in [3.05, 3.63) is 70.4 Å². The summed E-state index contributed by atoms with van der Waals surface area (Å²) in [6, 6.07) is 10.1. The van der Waals surface area contributed by atoms with Crippen molar-refractivity contribution in [2.24, 2.45) is 0 Å². The van der Waals surface area contributed by atoms with Crippen molar-refractivity contribution in [1.82, 2.24) is 20.2 Å². The van der Waals surface area contributed by atoms with Gasteiger partial charge < -0.3 is 20.3 Å². The molecular formula is C30H32F3N5O3. The Balaban J connectivity index is 1.36. The topological polar surface area (TPSA) is 96.5 Å². The summed E-state index contributed by atoms with van der Waals surface area (Å²) >= 11 is 0. The quantitative estimate of drug-likeness (QED) is 0.348. The Labute approximate surface area is 236 Å². The van der Waals surface area contributed by atoms with Gasteiger partial charge in [0.15, 0.2) is 5.78 Å². The van der Waals surface area contributed by atoms with Gasteiger partial charge in [-0.2, -0.15) is 18.2 Å². The highest BCUT2D eigenvalue weighted by Gasteiger charge is 2.37. The fraction of sp³-hybridized carbons (Fsp3) is 0.400. The number of hydrogen-bond acceptors (Lipinski definition) is 7. The summed E-state index contributed by atoms with van der Waals surface area (Å²) in [6.45, 7) is 6.94. The SMILES string of the molecule is CCc1cc(C(=O)NC2CCN(CC)CC2)ccc1Nc1ncc(C(F)(F)F)c(Oc2cccc3c2C(=O)CC3)n1. The van der Waals surface area contributed by atoms with Crippen LogP contribution in [0.25, 0.3) is 0 Å². The van der Waals surface area contributed by atoms with Crippen molar-refractivity contribution in [3.8, 4) is 11.6 Å². The first kappa shape index (κ1) is 28.5. The second-order valence-corrected chi connectivity index (χ2v) is 10.3. The van der Waals surface area contributed by atoms with Crippen molar-refractivity contribution >= 4 is 23.3 Å². The van der Waals surface area contributed by atoms with Crippen molar-refractivity contribution in [2.45, 2.75) is 58.2 Å². The molecule has 0 unspecified atom stereocenters. The van der Waals surface area contributed by atoms with Crippen molar-refractivity contribution < 1.29 is 27.5 Å². The lowest BCUT2D eigenvalue weighted by Crippen LogP contribution is -2.44. The number of hydrogen-bond donors (Lipinski definition) is 2. The smallest absolute Gasteiger partial charge is 0.423 e. The van der Waals surface area contributed by atoms with Crippen LogP contribution in [0.15, 0.2) is 42.6 Å². The number of nitrogens with zero attached hydrogens (tertiary/aromatic N) is 3. The number of piperidine rings is 1. The van der Waals surface area contributed by atoms with E-state index in [4.69, 9.17) is 4.74 Å². The number of rotatable bonds is 8. The van der Waals surface area contributed by atoms with Gasteiger partial charge in [-0.3, -0.25) is 9.59 Å². The summed E-state index contributed by atoms with van der Waals surface area (Å²) in [5, 5.41) is 6.09. The molecule has 8 nitrogen and oxygen atoms in total. The minimum absolute atomic E-state index is 0.0325. The van der Waals surface area contributed by atoms with Gasteiger partial charge in [-0.1, -0.05) is 26.0 Å². The number of amides is 1. The molecule has 1 fully saturated rings. The maximum atomic E-state index is 13.8. The second-order valence-electron chi connectivity index (χ2n) is 10.3. The number of carbonyl (C=O) groups excluding carboxylic acids is 2. The van der Waals surface area contributed by atoms with Crippen LogP contribution in [0.4, 0.5) is 24.8 Å². The largest absolute Gasteiger partial charge is 0.437 e. The van der Waals surface area contributed by atoms with E-state index in [1.807, 2.05) is 6.92 Å². The van der Waals surface area contributed by atoms with E-state index in [0.717, 1.165) is 43.6 Å². The fourth-order valence-corrected chi connectivity index (χ4v) is 5.29. The van der Waals surface area contributed by atoms with Gasteiger partial charge in [0.25, 0.3) is 5.91 Å². The van der Waals surface area contributed by atoms with E-state index in [2.05, 4.69) is 32.4 Å². The molecule has 1 aliphatic heterocycles. The van der Waals surface area contributed by atoms with Gasteiger partial charge in [-0.15, -0.1) is 0 Å². The number of ketones is 1. The minimum atomic E-state index is -4.77. The molecule has 2 aliphatic rings. The number of likely N-dealkylation sites (tertiary alicyclic amines) is 1. The van der Waals surface area contributed by atoms with Crippen molar-refractivity contribution in [2.75, 3.05) is 25.0 Å². The minimum Gasteiger partial charge on any atom is -0.437 e. The molecule has 1 saturated heterocycles. The number of aromatic nitrogens is 2. The molecule has 3 aromatic rings. The van der Waals surface area contributed by atoms with E-state index in [0.29, 0.717) is 30.3 Å². The summed E-state index contributed by atoms with van der Waals surface area (Å²) in [5.74, 6) is -1.12. The molecule has 5 rings (SSSR count). The highest BCUT2D eigenvalue weighted by atomic mass is 19.4. The number of alkyl halides is 3. The van der Waals surface area contributed by atoms with E-state index < -0.39 is 17.6 Å². The summed E-state index contributed by atoms with van der Waals surface area (Å²) in [7, 11) is 0. The number of halogens is 3. The third-order valence-corrected chi connectivity index (χ3v) is 7.64. The van der Waals surface area contributed by atoms with E-state index in [1.54, 1.807) is 30.3 Å². The Hall–Kier alpha value is -3.99. The van der Waals surface area contributed by atoms with E-state index in [-0.39, 0.29) is 41.4 Å². The van der Waals surface area contributed by atoms with Crippen LogP contribution in [0, 0.1) is 0 Å². The van der Waals surface area contributed by atoms with E-state index >= 15 is 0 Å². The highest BCUT2D eigenvalue weighted by Crippen LogP contribution is 2.40. The molecule has 1 amide bonds. The average molecular weight is 568 g/mol. The molecular weight excluding hydrogens is 535 g/mol. The molecule has 0 radical (unpaired) electrons. The van der Waals surface area contributed by atoms with Gasteiger partial charge in [-0.05, 0) is 67.6 Å². The number of ether oxygens (including phenoxy) is 1. The number of benzene rings is 2. The molecule has 2 heterocycles. The second kappa shape index (κ2) is 11.9. The monoisotopic (exact) mass is 567 g/mol. The Kier molecular flexibility index (Phi) is 8.25. The van der Waals surface area contributed by atoms with Crippen LogP contribution in [-0.4, -0.2) is 52.2 Å². The first-order valence-corrected chi connectivity index (χ1v) is 13.9. The summed E-state index contributed by atoms with van der Waals surface area (Å²) in [4.78, 5) is 35.6. The zero-order valence-electron chi connectivity index (χ0n) is 23.0. The molecule has 1 aliphatic carbocycles. The standard InChI is InChI=1S/C30H32F3N5O3/c1-3-18-16-20(27(40)35-21-12-14-38(4-2)15-13-21)8-10-23(18)36-29-34-17-22(30(31,32)33)28(37-29)41-25-7-5-6-19-9-11-24(39)26(19)25/h5-8,10,16-17,21H,3-4,9,11-15H2,1-2H3,(H,35,40)(H,34,36,37). The number of aryl methyl sites for hydroxylation is 2. The maximum absolute atomic E-state index is 13.8. The lowest BCUT2D eigenvalue weighted by molar-refractivity contribution is -0.139. The highest BCUT2D eigenvalue weighted by molar-refractivity contribution is 6.03. The van der Waals surface area contributed by atoms with E-state index in [9.17, 15) is 22.8 Å². The van der Waals surface area contributed by atoms with Crippen LogP contribution >= 0.6 is 0 Å². The average Bonchev–Trinajstić information content (AvgIpc) is 3.34. The molecule has 0 bridgehead atoms. The molecule has 216 valence electrons. The number of Topliss-reactive ketones (excluding diaryl/α,β-unsaturated/α-hetero) is 1. The van der Waals surface area contributed by atoms with Gasteiger partial charge in [-0.25, -0.2) is 4.98 Å².